The maximum absolute atomic E-state index is 12.9. The van der Waals surface area contributed by atoms with Crippen LogP contribution in [0.1, 0.15) is 31.0 Å². The molecule has 8 heteroatoms. The number of benzene rings is 2. The summed E-state index contributed by atoms with van der Waals surface area (Å²) in [4.78, 5) is 37.1. The molecule has 8 nitrogen and oxygen atoms in total. The van der Waals surface area contributed by atoms with Crippen LogP contribution in [-0.4, -0.2) is 76.7 Å². The molecule has 34 heavy (non-hydrogen) atoms. The molecule has 0 aliphatic carbocycles. The lowest BCUT2D eigenvalue weighted by Gasteiger charge is -2.43. The van der Waals surface area contributed by atoms with Crippen molar-refractivity contribution in [1.82, 2.24) is 24.7 Å². The number of nitrogens with zero attached hydrogens (tertiary/aromatic N) is 5. The average molecular weight is 459 g/mol. The van der Waals surface area contributed by atoms with Crippen LogP contribution in [0.2, 0.25) is 0 Å². The molecule has 1 unspecified atom stereocenters. The molecule has 0 saturated carbocycles. The summed E-state index contributed by atoms with van der Waals surface area (Å²) in [7, 11) is 1.87. The number of hydrogen-bond donors (Lipinski definition) is 1. The number of likely N-dealkylation sites (N-methyl/N-ethyl adjacent to an activating group) is 1. The topological polar surface area (TPSA) is 73.7 Å². The third-order valence-electron chi connectivity index (χ3n) is 7.85. The van der Waals surface area contributed by atoms with Crippen molar-refractivity contribution in [2.75, 3.05) is 44.8 Å². The minimum atomic E-state index is -0.455. The van der Waals surface area contributed by atoms with E-state index in [4.69, 9.17) is 4.98 Å². The first-order chi connectivity index (χ1) is 16.6. The number of piperidine rings is 1. The largest absolute Gasteiger partial charge is 0.339 e. The van der Waals surface area contributed by atoms with E-state index in [1.54, 1.807) is 9.47 Å². The van der Waals surface area contributed by atoms with Crippen molar-refractivity contribution in [2.24, 2.45) is 0 Å². The van der Waals surface area contributed by atoms with Crippen molar-refractivity contribution in [1.29, 1.82) is 0 Å². The molecule has 2 fully saturated rings. The number of fused-ring (bicyclic) bond motifs is 3. The van der Waals surface area contributed by atoms with Crippen molar-refractivity contribution in [3.8, 4) is 0 Å². The van der Waals surface area contributed by atoms with Crippen molar-refractivity contribution in [3.05, 3.63) is 60.4 Å². The standard InChI is InChI=1S/C26H30N6O2/c1-29-17-19(23-28-21-9-5-6-10-22(21)32(23)25(29)34)11-14-30-15-12-26(13-16-30)24(33)27-18-31(26)20-7-3-2-4-8-20/h2-10,19H,11-18H2,1H3,(H,27,33). The van der Waals surface area contributed by atoms with Crippen LogP contribution >= 0.6 is 0 Å². The second-order valence-electron chi connectivity index (χ2n) is 9.74. The van der Waals surface area contributed by atoms with E-state index in [0.29, 0.717) is 13.2 Å². The zero-order valence-corrected chi connectivity index (χ0v) is 19.5. The zero-order valence-electron chi connectivity index (χ0n) is 19.5. The Hall–Kier alpha value is -3.39. The fraction of sp³-hybridized carbons (Fsp3) is 0.423. The van der Waals surface area contributed by atoms with Gasteiger partial charge in [0.1, 0.15) is 11.4 Å². The first kappa shape index (κ1) is 21.2. The van der Waals surface area contributed by atoms with Gasteiger partial charge in [0.15, 0.2) is 0 Å². The second kappa shape index (κ2) is 8.13. The minimum absolute atomic E-state index is 0.00638. The summed E-state index contributed by atoms with van der Waals surface area (Å²) in [6, 6.07) is 18.1. The number of anilines is 1. The number of hydrogen-bond acceptors (Lipinski definition) is 5. The molecule has 3 aromatic rings. The minimum Gasteiger partial charge on any atom is -0.339 e. The molecule has 1 N–H and O–H groups in total. The molecule has 1 spiro atoms. The molecule has 1 aromatic heterocycles. The average Bonchev–Trinajstić information content (AvgIpc) is 3.41. The molecule has 0 radical (unpaired) electrons. The highest BCUT2D eigenvalue weighted by atomic mass is 16.2. The summed E-state index contributed by atoms with van der Waals surface area (Å²) in [6.45, 7) is 3.95. The molecule has 1 atom stereocenters. The molecule has 2 aromatic carbocycles. The quantitative estimate of drug-likeness (QED) is 0.651. The van der Waals surface area contributed by atoms with Crippen LogP contribution in [0.15, 0.2) is 54.6 Å². The zero-order chi connectivity index (χ0) is 23.3. The molecule has 2 amide bonds. The SMILES string of the molecule is CN1CC(CCN2CCC3(CC2)C(=O)NCN3c2ccccc2)c2nc3ccccc3n2C1=O. The normalized spacial score (nSPS) is 22.4. The third-order valence-corrected chi connectivity index (χ3v) is 7.85. The summed E-state index contributed by atoms with van der Waals surface area (Å²) in [5.41, 5.74) is 2.40. The van der Waals surface area contributed by atoms with Gasteiger partial charge in [0.2, 0.25) is 5.91 Å². The van der Waals surface area contributed by atoms with Gasteiger partial charge in [0.25, 0.3) is 0 Å². The van der Waals surface area contributed by atoms with Gasteiger partial charge in [-0.1, -0.05) is 30.3 Å². The Morgan fingerprint density at radius 1 is 1.03 bits per heavy atom. The Labute approximate surface area is 199 Å². The monoisotopic (exact) mass is 458 g/mol. The molecule has 2 saturated heterocycles. The maximum Gasteiger partial charge on any atom is 0.329 e. The van der Waals surface area contributed by atoms with Gasteiger partial charge >= 0.3 is 6.03 Å². The highest BCUT2D eigenvalue weighted by Crippen LogP contribution is 2.37. The maximum atomic E-state index is 12.9. The number of carbonyl (C=O) groups excluding carboxylic acids is 2. The fourth-order valence-corrected chi connectivity index (χ4v) is 5.92. The van der Waals surface area contributed by atoms with E-state index < -0.39 is 5.54 Å². The summed E-state index contributed by atoms with van der Waals surface area (Å²) >= 11 is 0. The molecule has 3 aliphatic heterocycles. The number of amides is 2. The van der Waals surface area contributed by atoms with Crippen LogP contribution in [0.3, 0.4) is 0 Å². The number of para-hydroxylation sites is 3. The third kappa shape index (κ3) is 3.27. The number of carbonyl (C=O) groups is 2. The summed E-state index contributed by atoms with van der Waals surface area (Å²) in [5, 5.41) is 3.08. The van der Waals surface area contributed by atoms with Gasteiger partial charge in [0.05, 0.1) is 17.7 Å². The van der Waals surface area contributed by atoms with E-state index in [1.807, 2.05) is 49.5 Å². The van der Waals surface area contributed by atoms with Crippen LogP contribution in [0, 0.1) is 0 Å². The van der Waals surface area contributed by atoms with Gasteiger partial charge in [-0.15, -0.1) is 0 Å². The Bertz CT molecular complexity index is 1230. The summed E-state index contributed by atoms with van der Waals surface area (Å²) < 4.78 is 1.79. The van der Waals surface area contributed by atoms with Gasteiger partial charge in [-0.25, -0.2) is 14.3 Å². The Morgan fingerprint density at radius 2 is 1.76 bits per heavy atom. The molecule has 0 bridgehead atoms. The van der Waals surface area contributed by atoms with E-state index >= 15 is 0 Å². The van der Waals surface area contributed by atoms with Crippen LogP contribution in [0.25, 0.3) is 11.0 Å². The van der Waals surface area contributed by atoms with E-state index in [-0.39, 0.29) is 17.9 Å². The van der Waals surface area contributed by atoms with Gasteiger partial charge in [-0.2, -0.15) is 0 Å². The van der Waals surface area contributed by atoms with Crippen molar-refractivity contribution in [2.45, 2.75) is 30.7 Å². The molecule has 176 valence electrons. The molecule has 6 rings (SSSR count). The first-order valence-corrected chi connectivity index (χ1v) is 12.1. The Morgan fingerprint density at radius 3 is 2.56 bits per heavy atom. The lowest BCUT2D eigenvalue weighted by Crippen LogP contribution is -2.56. The van der Waals surface area contributed by atoms with E-state index in [0.717, 1.165) is 61.4 Å². The highest BCUT2D eigenvalue weighted by molar-refractivity contribution is 5.93. The Balaban J connectivity index is 1.16. The fourth-order valence-electron chi connectivity index (χ4n) is 5.92. The van der Waals surface area contributed by atoms with Crippen molar-refractivity contribution >= 4 is 28.7 Å². The molecular formula is C26H30N6O2. The smallest absolute Gasteiger partial charge is 0.329 e. The predicted molar refractivity (Wildman–Crippen MR) is 131 cm³/mol. The van der Waals surface area contributed by atoms with Crippen molar-refractivity contribution < 1.29 is 9.59 Å². The number of aromatic nitrogens is 2. The van der Waals surface area contributed by atoms with Gasteiger partial charge in [-0.3, -0.25) is 4.79 Å². The van der Waals surface area contributed by atoms with E-state index in [1.165, 1.54) is 0 Å². The predicted octanol–water partition coefficient (Wildman–Crippen LogP) is 2.85. The lowest BCUT2D eigenvalue weighted by atomic mass is 9.85. The first-order valence-electron chi connectivity index (χ1n) is 12.1. The van der Waals surface area contributed by atoms with Crippen molar-refractivity contribution in [3.63, 3.8) is 0 Å². The van der Waals surface area contributed by atoms with Crippen LogP contribution in [0.4, 0.5) is 10.5 Å². The summed E-state index contributed by atoms with van der Waals surface area (Å²) in [6.07, 6.45) is 2.56. The second-order valence-corrected chi connectivity index (χ2v) is 9.74. The molecular weight excluding hydrogens is 428 g/mol. The van der Waals surface area contributed by atoms with Crippen LogP contribution < -0.4 is 10.2 Å². The Kier molecular flexibility index (Phi) is 5.06. The molecule has 3 aliphatic rings. The van der Waals surface area contributed by atoms with Gasteiger partial charge in [-0.05, 0) is 50.1 Å². The number of likely N-dealkylation sites (tertiary alicyclic amines) is 1. The van der Waals surface area contributed by atoms with Crippen LogP contribution in [-0.2, 0) is 4.79 Å². The number of rotatable bonds is 4. The number of nitrogens with one attached hydrogen (secondary N) is 1. The number of imidazole rings is 1. The van der Waals surface area contributed by atoms with Crippen LogP contribution in [0.5, 0.6) is 0 Å². The highest BCUT2D eigenvalue weighted by Gasteiger charge is 2.50. The summed E-state index contributed by atoms with van der Waals surface area (Å²) in [5.74, 6) is 1.22. The van der Waals surface area contributed by atoms with E-state index in [9.17, 15) is 9.59 Å². The lowest BCUT2D eigenvalue weighted by molar-refractivity contribution is -0.125. The molecule has 4 heterocycles. The van der Waals surface area contributed by atoms with E-state index in [2.05, 4.69) is 27.2 Å². The van der Waals surface area contributed by atoms with Gasteiger partial charge < -0.3 is 20.0 Å². The van der Waals surface area contributed by atoms with Gasteiger partial charge in [0, 0.05) is 38.3 Å².